The fourth-order valence-electron chi connectivity index (χ4n) is 4.07. The number of hydrogen-bond donors (Lipinski definition) is 0. The van der Waals surface area contributed by atoms with Gasteiger partial charge in [0.25, 0.3) is 5.56 Å². The lowest BCUT2D eigenvalue weighted by atomic mass is 9.96. The zero-order chi connectivity index (χ0) is 21.2. The number of aromatic nitrogens is 7. The first kappa shape index (κ1) is 19.5. The Balaban J connectivity index is 1.20. The molecule has 0 amide bonds. The second-order valence-corrected chi connectivity index (χ2v) is 8.08. The zero-order valence-electron chi connectivity index (χ0n) is 17.4. The molecular weight excluding hydrogens is 392 g/mol. The molecular formula is C22H24N8O. The van der Waals surface area contributed by atoms with Gasteiger partial charge in [0.15, 0.2) is 11.5 Å². The zero-order valence-corrected chi connectivity index (χ0v) is 17.4. The number of aryl methyl sites for hydroxylation is 1. The minimum atomic E-state index is -0.0133. The number of rotatable bonds is 5. The molecule has 5 rings (SSSR count). The first-order valence-electron chi connectivity index (χ1n) is 10.5. The van der Waals surface area contributed by atoms with Crippen LogP contribution in [0.1, 0.15) is 24.4 Å². The molecule has 0 saturated carbocycles. The van der Waals surface area contributed by atoms with Crippen molar-refractivity contribution in [2.24, 2.45) is 5.92 Å². The molecule has 4 aromatic heterocycles. The highest BCUT2D eigenvalue weighted by Gasteiger charge is 2.22. The van der Waals surface area contributed by atoms with Crippen LogP contribution >= 0.6 is 0 Å². The highest BCUT2D eigenvalue weighted by atomic mass is 16.1. The van der Waals surface area contributed by atoms with Crippen molar-refractivity contribution < 1.29 is 0 Å². The molecule has 31 heavy (non-hydrogen) atoms. The van der Waals surface area contributed by atoms with E-state index in [1.54, 1.807) is 29.4 Å². The minimum absolute atomic E-state index is 0.0133. The molecule has 0 aliphatic carbocycles. The molecule has 0 bridgehead atoms. The molecule has 1 aliphatic heterocycles. The van der Waals surface area contributed by atoms with Crippen LogP contribution in [0.15, 0.2) is 53.8 Å². The second kappa shape index (κ2) is 8.35. The van der Waals surface area contributed by atoms with Crippen molar-refractivity contribution in [1.29, 1.82) is 0 Å². The van der Waals surface area contributed by atoms with Gasteiger partial charge in [-0.15, -0.1) is 10.2 Å². The topological polar surface area (TPSA) is 94.1 Å². The van der Waals surface area contributed by atoms with E-state index in [9.17, 15) is 4.79 Å². The Labute approximate surface area is 179 Å². The Morgan fingerprint density at radius 3 is 2.65 bits per heavy atom. The van der Waals surface area contributed by atoms with E-state index in [1.807, 2.05) is 35.7 Å². The Morgan fingerprint density at radius 2 is 1.87 bits per heavy atom. The third-order valence-corrected chi connectivity index (χ3v) is 5.84. The smallest absolute Gasteiger partial charge is 0.253 e. The molecule has 0 radical (unpaired) electrons. The van der Waals surface area contributed by atoms with E-state index < -0.39 is 0 Å². The van der Waals surface area contributed by atoms with Crippen molar-refractivity contribution in [3.05, 3.63) is 70.9 Å². The normalized spacial score (nSPS) is 15.5. The van der Waals surface area contributed by atoms with Crippen LogP contribution < -0.4 is 5.56 Å². The summed E-state index contributed by atoms with van der Waals surface area (Å²) >= 11 is 0. The number of hydrogen-bond acceptors (Lipinski definition) is 7. The van der Waals surface area contributed by atoms with Crippen molar-refractivity contribution in [3.63, 3.8) is 0 Å². The van der Waals surface area contributed by atoms with E-state index in [0.29, 0.717) is 18.2 Å². The summed E-state index contributed by atoms with van der Waals surface area (Å²) in [5.41, 5.74) is 3.29. The van der Waals surface area contributed by atoms with Gasteiger partial charge in [-0.3, -0.25) is 19.2 Å². The van der Waals surface area contributed by atoms with Crippen LogP contribution in [-0.4, -0.2) is 52.3 Å². The minimum Gasteiger partial charge on any atom is -0.299 e. The van der Waals surface area contributed by atoms with Gasteiger partial charge in [0.05, 0.1) is 24.3 Å². The maximum absolute atomic E-state index is 12.6. The average Bonchev–Trinajstić information content (AvgIpc) is 3.19. The van der Waals surface area contributed by atoms with Crippen molar-refractivity contribution in [1.82, 2.24) is 39.2 Å². The second-order valence-electron chi connectivity index (χ2n) is 8.08. The molecule has 0 atom stereocenters. The third-order valence-electron chi connectivity index (χ3n) is 5.84. The molecule has 1 aliphatic rings. The SMILES string of the molecule is Cc1ccc2nnc(CN3CCC(Cn4cnc(-c5ccncc5)cc4=O)CC3)n2n1. The van der Waals surface area contributed by atoms with E-state index in [0.717, 1.165) is 55.2 Å². The largest absolute Gasteiger partial charge is 0.299 e. The van der Waals surface area contributed by atoms with Gasteiger partial charge < -0.3 is 0 Å². The van der Waals surface area contributed by atoms with E-state index in [-0.39, 0.29) is 5.56 Å². The molecule has 0 aromatic carbocycles. The van der Waals surface area contributed by atoms with Gasteiger partial charge in [0, 0.05) is 30.6 Å². The molecule has 9 nitrogen and oxygen atoms in total. The first-order chi connectivity index (χ1) is 15.2. The number of nitrogens with zero attached hydrogens (tertiary/aromatic N) is 8. The third kappa shape index (κ3) is 4.22. The predicted molar refractivity (Wildman–Crippen MR) is 115 cm³/mol. The van der Waals surface area contributed by atoms with E-state index in [4.69, 9.17) is 0 Å². The molecule has 4 aromatic rings. The number of likely N-dealkylation sites (tertiary alicyclic amines) is 1. The Hall–Kier alpha value is -3.46. The summed E-state index contributed by atoms with van der Waals surface area (Å²) in [5.74, 6) is 1.32. The number of fused-ring (bicyclic) bond motifs is 1. The van der Waals surface area contributed by atoms with Crippen molar-refractivity contribution in [2.75, 3.05) is 13.1 Å². The van der Waals surface area contributed by atoms with Gasteiger partial charge in [0.2, 0.25) is 0 Å². The van der Waals surface area contributed by atoms with Crippen molar-refractivity contribution >= 4 is 5.65 Å². The van der Waals surface area contributed by atoms with Crippen LogP contribution in [-0.2, 0) is 13.1 Å². The molecule has 0 spiro atoms. The van der Waals surface area contributed by atoms with Gasteiger partial charge >= 0.3 is 0 Å². The summed E-state index contributed by atoms with van der Waals surface area (Å²) in [6.45, 7) is 5.32. The van der Waals surface area contributed by atoms with Gasteiger partial charge in [-0.2, -0.15) is 9.61 Å². The van der Waals surface area contributed by atoms with Gasteiger partial charge in [0.1, 0.15) is 0 Å². The summed E-state index contributed by atoms with van der Waals surface area (Å²) < 4.78 is 3.56. The predicted octanol–water partition coefficient (Wildman–Crippen LogP) is 1.96. The summed E-state index contributed by atoms with van der Waals surface area (Å²) in [6, 6.07) is 9.21. The lowest BCUT2D eigenvalue weighted by Gasteiger charge is -2.31. The average molecular weight is 416 g/mol. The lowest BCUT2D eigenvalue weighted by molar-refractivity contribution is 0.162. The Bertz CT molecular complexity index is 1240. The molecule has 5 heterocycles. The summed E-state index contributed by atoms with van der Waals surface area (Å²) in [4.78, 5) is 23.5. The fourth-order valence-corrected chi connectivity index (χ4v) is 4.07. The maximum atomic E-state index is 12.6. The van der Waals surface area contributed by atoms with Crippen LogP contribution in [0.4, 0.5) is 0 Å². The highest BCUT2D eigenvalue weighted by molar-refractivity contribution is 5.57. The maximum Gasteiger partial charge on any atom is 0.253 e. The number of piperidine rings is 1. The van der Waals surface area contributed by atoms with Crippen LogP contribution in [0, 0.1) is 12.8 Å². The van der Waals surface area contributed by atoms with Gasteiger partial charge in [-0.1, -0.05) is 0 Å². The molecule has 9 heteroatoms. The molecule has 1 saturated heterocycles. The van der Waals surface area contributed by atoms with Crippen molar-refractivity contribution in [3.8, 4) is 11.3 Å². The van der Waals surface area contributed by atoms with E-state index in [1.165, 1.54) is 0 Å². The summed E-state index contributed by atoms with van der Waals surface area (Å²) in [5, 5.41) is 13.1. The highest BCUT2D eigenvalue weighted by Crippen LogP contribution is 2.20. The van der Waals surface area contributed by atoms with Gasteiger partial charge in [-0.25, -0.2) is 4.98 Å². The summed E-state index contributed by atoms with van der Waals surface area (Å²) in [6.07, 6.45) is 7.13. The monoisotopic (exact) mass is 416 g/mol. The quantitative estimate of drug-likeness (QED) is 0.491. The van der Waals surface area contributed by atoms with E-state index >= 15 is 0 Å². The van der Waals surface area contributed by atoms with Crippen LogP contribution in [0.25, 0.3) is 16.9 Å². The molecule has 0 unspecified atom stereocenters. The number of pyridine rings is 1. The Morgan fingerprint density at radius 1 is 1.06 bits per heavy atom. The Kier molecular flexibility index (Phi) is 5.25. The van der Waals surface area contributed by atoms with Crippen LogP contribution in [0.5, 0.6) is 0 Å². The van der Waals surface area contributed by atoms with Crippen LogP contribution in [0.2, 0.25) is 0 Å². The molecule has 1 fully saturated rings. The van der Waals surface area contributed by atoms with Crippen molar-refractivity contribution in [2.45, 2.75) is 32.9 Å². The van der Waals surface area contributed by atoms with E-state index in [2.05, 4.69) is 30.2 Å². The molecule has 0 N–H and O–H groups in total. The first-order valence-corrected chi connectivity index (χ1v) is 10.5. The van der Waals surface area contributed by atoms with Crippen LogP contribution in [0.3, 0.4) is 0 Å². The lowest BCUT2D eigenvalue weighted by Crippen LogP contribution is -2.36. The fraction of sp³-hybridized carbons (Fsp3) is 0.364. The summed E-state index contributed by atoms with van der Waals surface area (Å²) in [7, 11) is 0. The standard InChI is InChI=1S/C22H24N8O/c1-16-2-3-20-25-26-21(30(20)27-16)14-28-10-6-17(7-11-28)13-29-15-24-19(12-22(29)31)18-4-8-23-9-5-18/h2-5,8-9,12,15,17H,6-7,10-11,13-14H2,1H3. The molecule has 158 valence electrons. The van der Waals surface area contributed by atoms with Gasteiger partial charge in [-0.05, 0) is 63.0 Å².